The number of ether oxygens (including phenoxy) is 4. The molecule has 0 aliphatic rings. The average molecular weight is 661 g/mol. The Morgan fingerprint density at radius 3 is 1.72 bits per heavy atom. The molecule has 0 aliphatic heterocycles. The first-order chi connectivity index (χ1) is 19.9. The Labute approximate surface area is 249 Å². The van der Waals surface area contributed by atoms with Crippen molar-refractivity contribution in [2.24, 2.45) is 0 Å². The summed E-state index contributed by atoms with van der Waals surface area (Å²) in [6, 6.07) is 11.2. The van der Waals surface area contributed by atoms with E-state index >= 15 is 0 Å². The van der Waals surface area contributed by atoms with Gasteiger partial charge in [0.25, 0.3) is 0 Å². The molecule has 0 radical (unpaired) electrons. The van der Waals surface area contributed by atoms with E-state index in [-0.39, 0.29) is 45.6 Å². The van der Waals surface area contributed by atoms with E-state index in [1.807, 2.05) is 0 Å². The average Bonchev–Trinajstić information content (AvgIpc) is 2.89. The van der Waals surface area contributed by atoms with E-state index in [1.165, 1.54) is 62.8 Å². The van der Waals surface area contributed by atoms with E-state index in [0.29, 0.717) is 11.1 Å². The molecule has 0 bridgehead atoms. The molecule has 3 aromatic rings. The minimum Gasteiger partial charge on any atom is -0.496 e. The summed E-state index contributed by atoms with van der Waals surface area (Å²) in [5.74, 6) is -1.48. The van der Waals surface area contributed by atoms with Gasteiger partial charge < -0.3 is 31.5 Å². The van der Waals surface area contributed by atoms with Crippen LogP contribution >= 0.6 is 0 Å². The molecule has 14 nitrogen and oxygen atoms in total. The Bertz CT molecular complexity index is 1830. The molecule has 3 rings (SSSR count). The lowest BCUT2D eigenvalue weighted by Crippen LogP contribution is -2.14. The second-order valence-electron chi connectivity index (χ2n) is 8.78. The van der Waals surface area contributed by atoms with Gasteiger partial charge in [0, 0.05) is 5.56 Å². The molecule has 234 valence electrons. The topological polar surface area (TPSA) is 184 Å². The van der Waals surface area contributed by atoms with Crippen LogP contribution in [0.2, 0.25) is 0 Å². The molecule has 0 spiro atoms. The van der Waals surface area contributed by atoms with Crippen LogP contribution in [0, 0.1) is 0 Å². The van der Waals surface area contributed by atoms with Gasteiger partial charge in [0.05, 0.1) is 45.7 Å². The molecule has 0 fully saturated rings. The summed E-state index contributed by atoms with van der Waals surface area (Å²) < 4.78 is 108. The first-order valence-electron chi connectivity index (χ1n) is 11.9. The summed E-state index contributed by atoms with van der Waals surface area (Å²) in [6.45, 7) is -0.557. The van der Waals surface area contributed by atoms with Crippen LogP contribution in [0.25, 0.3) is 22.3 Å². The summed E-state index contributed by atoms with van der Waals surface area (Å²) in [5, 5.41) is 0. The molecule has 0 aromatic heterocycles. The van der Waals surface area contributed by atoms with Crippen molar-refractivity contribution in [3.8, 4) is 56.8 Å². The van der Waals surface area contributed by atoms with Crippen LogP contribution in [-0.4, -0.2) is 77.9 Å². The highest BCUT2D eigenvalue weighted by atomic mass is 32.2. The largest absolute Gasteiger partial charge is 0.496 e. The first kappa shape index (κ1) is 33.3. The normalized spacial score (nSPS) is 11.8. The zero-order valence-electron chi connectivity index (χ0n) is 23.8. The third kappa shape index (κ3) is 9.13. The van der Waals surface area contributed by atoms with Crippen LogP contribution in [0.1, 0.15) is 0 Å². The summed E-state index contributed by atoms with van der Waals surface area (Å²) in [4.78, 5) is 11.6. The smallest absolute Gasteiger partial charge is 0.343 e. The molecule has 0 unspecified atom stereocenters. The van der Waals surface area contributed by atoms with Gasteiger partial charge in [-0.2, -0.15) is 25.3 Å². The van der Waals surface area contributed by atoms with Crippen LogP contribution in [0.3, 0.4) is 0 Å². The van der Waals surface area contributed by atoms with E-state index in [4.69, 9.17) is 26.8 Å². The maximum atomic E-state index is 12.4. The Morgan fingerprint density at radius 2 is 1.21 bits per heavy atom. The van der Waals surface area contributed by atoms with Crippen molar-refractivity contribution in [1.82, 2.24) is 0 Å². The zero-order chi connectivity index (χ0) is 32.2. The highest BCUT2D eigenvalue weighted by molar-refractivity contribution is 7.86. The van der Waals surface area contributed by atoms with Gasteiger partial charge in [-0.25, -0.2) is 4.79 Å². The van der Waals surface area contributed by atoms with Gasteiger partial charge in [-0.05, 0) is 41.5 Å². The molecule has 0 heterocycles. The number of hydrogen-bond donors (Lipinski definition) is 0. The highest BCUT2D eigenvalue weighted by Crippen LogP contribution is 2.51. The third-order valence-corrected chi connectivity index (χ3v) is 6.77. The van der Waals surface area contributed by atoms with Crippen LogP contribution in [0.5, 0.6) is 34.5 Å². The number of carbonyl (C=O) groups is 1. The Morgan fingerprint density at radius 1 is 0.628 bits per heavy atom. The predicted molar refractivity (Wildman–Crippen MR) is 154 cm³/mol. The van der Waals surface area contributed by atoms with E-state index in [2.05, 4.69) is 4.74 Å². The van der Waals surface area contributed by atoms with Gasteiger partial charge in [-0.1, -0.05) is 18.2 Å². The monoisotopic (exact) mass is 660 g/mol. The predicted octanol–water partition coefficient (Wildman–Crippen LogP) is 2.60. The van der Waals surface area contributed by atoms with Crippen molar-refractivity contribution in [3.63, 3.8) is 0 Å². The van der Waals surface area contributed by atoms with Crippen LogP contribution in [-0.2, 0) is 39.9 Å². The van der Waals surface area contributed by atoms with Crippen molar-refractivity contribution < 1.29 is 61.5 Å². The molecule has 43 heavy (non-hydrogen) atoms. The Kier molecular flexibility index (Phi) is 10.0. The van der Waals surface area contributed by atoms with Gasteiger partial charge in [0.15, 0.2) is 29.6 Å². The molecule has 0 saturated heterocycles. The molecule has 0 saturated carbocycles. The number of methoxy groups -OCH3 is 3. The first-order valence-corrected chi connectivity index (χ1v) is 17.3. The fraction of sp³-hybridized carbons (Fsp3) is 0.269. The fourth-order valence-electron chi connectivity index (χ4n) is 3.77. The molecule has 3 aromatic carbocycles. The molecule has 0 atom stereocenters. The summed E-state index contributed by atoms with van der Waals surface area (Å²) in [7, 11) is -8.33. The molecule has 0 N–H and O–H groups in total. The van der Waals surface area contributed by atoms with Crippen molar-refractivity contribution in [2.75, 3.05) is 46.7 Å². The second kappa shape index (κ2) is 13.0. The van der Waals surface area contributed by atoms with Gasteiger partial charge in [0.2, 0.25) is 0 Å². The van der Waals surface area contributed by atoms with Gasteiger partial charge >= 0.3 is 36.3 Å². The van der Waals surface area contributed by atoms with E-state index < -0.39 is 42.9 Å². The van der Waals surface area contributed by atoms with E-state index in [1.54, 1.807) is 0 Å². The number of rotatable bonds is 13. The number of hydrogen-bond acceptors (Lipinski definition) is 14. The van der Waals surface area contributed by atoms with Gasteiger partial charge in [0.1, 0.15) is 11.5 Å². The highest BCUT2D eigenvalue weighted by Gasteiger charge is 2.27. The molecule has 0 amide bonds. The maximum absolute atomic E-state index is 12.4. The zero-order valence-corrected chi connectivity index (χ0v) is 26.2. The minimum atomic E-state index is -4.18. The van der Waals surface area contributed by atoms with Crippen LogP contribution in [0.4, 0.5) is 0 Å². The lowest BCUT2D eigenvalue weighted by molar-refractivity contribution is -0.142. The SMILES string of the molecule is COC(=O)COc1ccc(-c2c(OC)cc(-c3ccc(OS(C)(=O)=O)cc3)c(OC)c2OS(C)(=O)=O)cc1OS(C)(=O)=O. The number of carbonyl (C=O) groups excluding carboxylic acids is 1. The summed E-state index contributed by atoms with van der Waals surface area (Å²) in [6.07, 6.45) is 2.51. The van der Waals surface area contributed by atoms with Crippen molar-refractivity contribution in [1.29, 1.82) is 0 Å². The van der Waals surface area contributed by atoms with Crippen LogP contribution in [0.15, 0.2) is 48.5 Å². The maximum Gasteiger partial charge on any atom is 0.343 e. The number of benzene rings is 3. The summed E-state index contributed by atoms with van der Waals surface area (Å²) >= 11 is 0. The molecule has 0 aliphatic carbocycles. The molecular formula is C26H28O14S3. The Balaban J connectivity index is 2.30. The molecular weight excluding hydrogens is 632 g/mol. The van der Waals surface area contributed by atoms with E-state index in [9.17, 15) is 30.0 Å². The quantitative estimate of drug-likeness (QED) is 0.192. The van der Waals surface area contributed by atoms with Crippen molar-refractivity contribution in [3.05, 3.63) is 48.5 Å². The standard InChI is InChI=1S/C26H28O14S3/c1-34-22-14-19(16-7-10-18(11-8-16)38-41(4,28)29)25(36-3)26(40-43(6,32)33)24(22)17-9-12-20(37-15-23(27)35-2)21(13-17)39-42(5,30)31/h7-14H,15H2,1-6H3. The van der Waals surface area contributed by atoms with E-state index in [0.717, 1.165) is 25.9 Å². The fourth-order valence-corrected chi connectivity index (χ4v) is 5.15. The van der Waals surface area contributed by atoms with Crippen LogP contribution < -0.4 is 26.8 Å². The summed E-state index contributed by atoms with van der Waals surface area (Å²) in [5.41, 5.74) is 0.914. The lowest BCUT2D eigenvalue weighted by atomic mass is 9.96. The third-order valence-electron chi connectivity index (χ3n) is 5.32. The van der Waals surface area contributed by atoms with Gasteiger partial charge in [-0.15, -0.1) is 0 Å². The number of esters is 1. The van der Waals surface area contributed by atoms with Crippen molar-refractivity contribution >= 4 is 36.3 Å². The van der Waals surface area contributed by atoms with Gasteiger partial charge in [-0.3, -0.25) is 0 Å². The lowest BCUT2D eigenvalue weighted by Gasteiger charge is -2.21. The Hall–Kier alpha value is -4.22. The van der Waals surface area contributed by atoms with Crippen molar-refractivity contribution in [2.45, 2.75) is 0 Å². The molecule has 17 heteroatoms. The second-order valence-corrected chi connectivity index (χ2v) is 13.5. The minimum absolute atomic E-state index is 0.0309.